The van der Waals surface area contributed by atoms with E-state index in [4.69, 9.17) is 32.8 Å². The van der Waals surface area contributed by atoms with Gasteiger partial charge >= 0.3 is 23.9 Å². The standard InChI is InChI=1S/C40H68O13Si/c1-16-26(5)25-27(6)21-22-28(42)47-30-29(52-54(17-2,18-3)19-4)38(23-20-24-41)48-31(32(43)49-35(7,8)9)39(46,33(44)50-36(10,11)12)40(30,53-38)34(45)51-37(13,14)15/h21-22,24,26-27,29-31,46H,16-20,23,25H2,1-15H3/b22-21+/t26-,27+,29+,30+,31+,38-,39+,40-/m0/s1. The van der Waals surface area contributed by atoms with Crippen LogP contribution in [0.2, 0.25) is 18.1 Å². The van der Waals surface area contributed by atoms with E-state index in [9.17, 15) is 24.3 Å². The first-order valence-electron chi connectivity index (χ1n) is 19.5. The van der Waals surface area contributed by atoms with Crippen molar-refractivity contribution in [2.45, 2.75) is 200 Å². The van der Waals surface area contributed by atoms with Gasteiger partial charge in [0.2, 0.25) is 17.5 Å². The summed E-state index contributed by atoms with van der Waals surface area (Å²) in [7, 11) is -2.82. The van der Waals surface area contributed by atoms with E-state index < -0.39 is 84.3 Å². The minimum absolute atomic E-state index is 0.0312. The maximum Gasteiger partial charge on any atom is 0.347 e. The molecular formula is C40H68O13Si. The van der Waals surface area contributed by atoms with Crippen LogP contribution >= 0.6 is 0 Å². The molecule has 1 N–H and O–H groups in total. The second-order valence-electron chi connectivity index (χ2n) is 17.9. The van der Waals surface area contributed by atoms with Gasteiger partial charge < -0.3 is 42.7 Å². The average molecular weight is 785 g/mol. The normalized spacial score (nSPS) is 28.6. The monoisotopic (exact) mass is 784 g/mol. The molecule has 2 rings (SSSR count). The van der Waals surface area contributed by atoms with Crippen molar-refractivity contribution in [1.82, 2.24) is 0 Å². The van der Waals surface area contributed by atoms with Crippen LogP contribution in [-0.2, 0) is 56.8 Å². The SMILES string of the molecule is CC[C@H](C)C[C@H](C)/C=C/C(=O)O[C@@H]1[C@@H](O[Si](CC)(CC)CC)[C@@]2(CCC=O)O[C@H](C(=O)OC(C)(C)C)[C@@](O)(C(=O)OC(C)(C)C)[C@]1(C(=O)OC(C)(C)C)O2. The Labute approximate surface area is 323 Å². The molecule has 0 unspecified atom stereocenters. The highest BCUT2D eigenvalue weighted by Crippen LogP contribution is 2.58. The lowest BCUT2D eigenvalue weighted by Gasteiger charge is -2.51. The highest BCUT2D eigenvalue weighted by Gasteiger charge is 2.87. The number of fused-ring (bicyclic) bond motifs is 2. The minimum atomic E-state index is -3.40. The van der Waals surface area contributed by atoms with E-state index in [1.54, 1.807) is 47.6 Å². The van der Waals surface area contributed by atoms with Crippen LogP contribution in [0.4, 0.5) is 0 Å². The molecule has 14 heteroatoms. The molecule has 2 aliphatic heterocycles. The molecule has 0 aromatic heterocycles. The highest BCUT2D eigenvalue weighted by molar-refractivity contribution is 6.73. The fourth-order valence-electron chi connectivity index (χ4n) is 6.92. The molecule has 0 aromatic rings. The van der Waals surface area contributed by atoms with Crippen LogP contribution < -0.4 is 0 Å². The van der Waals surface area contributed by atoms with Gasteiger partial charge in [-0.1, -0.05) is 54.0 Å². The highest BCUT2D eigenvalue weighted by atomic mass is 28.4. The summed E-state index contributed by atoms with van der Waals surface area (Å²) in [6.07, 6.45) is -1.17. The van der Waals surface area contributed by atoms with Crippen molar-refractivity contribution in [3.63, 3.8) is 0 Å². The van der Waals surface area contributed by atoms with Crippen molar-refractivity contribution >= 4 is 38.5 Å². The van der Waals surface area contributed by atoms with Crippen LogP contribution in [0.1, 0.15) is 130 Å². The topological polar surface area (TPSA) is 170 Å². The maximum atomic E-state index is 15.0. The molecule has 2 aliphatic rings. The van der Waals surface area contributed by atoms with E-state index in [1.807, 2.05) is 27.7 Å². The Morgan fingerprint density at radius 1 is 0.815 bits per heavy atom. The molecule has 0 aromatic carbocycles. The van der Waals surface area contributed by atoms with Gasteiger partial charge in [-0.25, -0.2) is 19.2 Å². The number of rotatable bonds is 17. The van der Waals surface area contributed by atoms with E-state index >= 15 is 4.79 Å². The first-order chi connectivity index (χ1) is 24.6. The van der Waals surface area contributed by atoms with E-state index in [1.165, 1.54) is 26.8 Å². The van der Waals surface area contributed by atoms with Gasteiger partial charge in [-0.15, -0.1) is 0 Å². The predicted molar refractivity (Wildman–Crippen MR) is 204 cm³/mol. The molecule has 13 nitrogen and oxygen atoms in total. The fourth-order valence-corrected chi connectivity index (χ4v) is 9.76. The average Bonchev–Trinajstić information content (AvgIpc) is 3.27. The third kappa shape index (κ3) is 10.6. The molecule has 2 heterocycles. The van der Waals surface area contributed by atoms with Gasteiger partial charge in [0.25, 0.3) is 5.60 Å². The number of esters is 4. The third-order valence-corrected chi connectivity index (χ3v) is 14.6. The van der Waals surface area contributed by atoms with Crippen LogP contribution in [-0.4, -0.2) is 95.7 Å². The second kappa shape index (κ2) is 17.6. The van der Waals surface area contributed by atoms with Gasteiger partial charge in [0.05, 0.1) is 0 Å². The molecule has 2 saturated heterocycles. The number of carbonyl (C=O) groups excluding carboxylic acids is 5. The summed E-state index contributed by atoms with van der Waals surface area (Å²) in [6.45, 7) is 26.0. The fraction of sp³-hybridized carbons (Fsp3) is 0.825. The van der Waals surface area contributed by atoms with Crippen LogP contribution in [0.5, 0.6) is 0 Å². The molecule has 54 heavy (non-hydrogen) atoms. The van der Waals surface area contributed by atoms with E-state index in [0.717, 1.165) is 12.8 Å². The zero-order valence-electron chi connectivity index (χ0n) is 35.4. The number of hydrogen-bond donors (Lipinski definition) is 1. The number of hydrogen-bond acceptors (Lipinski definition) is 13. The molecule has 2 bridgehead atoms. The number of carbonyl (C=O) groups is 5. The van der Waals surface area contributed by atoms with Crippen LogP contribution in [0, 0.1) is 11.8 Å². The Balaban J connectivity index is 3.19. The zero-order chi connectivity index (χ0) is 41.7. The van der Waals surface area contributed by atoms with Gasteiger partial charge in [0, 0.05) is 18.9 Å². The molecule has 0 radical (unpaired) electrons. The van der Waals surface area contributed by atoms with E-state index in [2.05, 4.69) is 13.8 Å². The molecule has 0 amide bonds. The Morgan fingerprint density at radius 3 is 1.80 bits per heavy atom. The molecule has 2 fully saturated rings. The largest absolute Gasteiger partial charge is 0.458 e. The molecule has 0 saturated carbocycles. The summed E-state index contributed by atoms with van der Waals surface area (Å²) < 4.78 is 43.7. The number of aliphatic hydroxyl groups is 1. The Kier molecular flexibility index (Phi) is 15.5. The Morgan fingerprint density at radius 2 is 1.33 bits per heavy atom. The number of aldehydes is 1. The van der Waals surface area contributed by atoms with Gasteiger partial charge in [-0.05, 0) is 98.7 Å². The molecule has 8 atom stereocenters. The van der Waals surface area contributed by atoms with Gasteiger partial charge in [0.1, 0.15) is 29.2 Å². The smallest absolute Gasteiger partial charge is 0.347 e. The predicted octanol–water partition coefficient (Wildman–Crippen LogP) is 6.52. The Bertz CT molecular complexity index is 1360. The lowest BCUT2D eigenvalue weighted by atomic mass is 9.74. The lowest BCUT2D eigenvalue weighted by Crippen LogP contribution is -2.79. The number of ether oxygens (including phenoxy) is 6. The summed E-state index contributed by atoms with van der Waals surface area (Å²) in [5, 5.41) is 13.1. The molecule has 310 valence electrons. The van der Waals surface area contributed by atoms with Crippen molar-refractivity contribution in [2.24, 2.45) is 11.8 Å². The van der Waals surface area contributed by atoms with Crippen molar-refractivity contribution < 1.29 is 61.9 Å². The van der Waals surface area contributed by atoms with E-state index in [0.29, 0.717) is 30.3 Å². The van der Waals surface area contributed by atoms with Crippen molar-refractivity contribution in [1.29, 1.82) is 0 Å². The quantitative estimate of drug-likeness (QED) is 0.0557. The first-order valence-corrected chi connectivity index (χ1v) is 22.0. The van der Waals surface area contributed by atoms with Gasteiger partial charge in [0.15, 0.2) is 14.4 Å². The minimum Gasteiger partial charge on any atom is -0.458 e. The molecule has 0 spiro atoms. The Hall–Kier alpha value is -2.65. The summed E-state index contributed by atoms with van der Waals surface area (Å²) in [5.74, 6) is -6.88. The summed E-state index contributed by atoms with van der Waals surface area (Å²) in [5.41, 5.74) is -10.2. The van der Waals surface area contributed by atoms with Crippen LogP contribution in [0.3, 0.4) is 0 Å². The maximum absolute atomic E-state index is 15.0. The van der Waals surface area contributed by atoms with Crippen molar-refractivity contribution in [2.75, 3.05) is 0 Å². The zero-order valence-corrected chi connectivity index (χ0v) is 36.4. The van der Waals surface area contributed by atoms with Gasteiger partial charge in [-0.3, -0.25) is 0 Å². The van der Waals surface area contributed by atoms with E-state index in [-0.39, 0.29) is 18.8 Å². The van der Waals surface area contributed by atoms with Crippen molar-refractivity contribution in [3.05, 3.63) is 12.2 Å². The second-order valence-corrected chi connectivity index (χ2v) is 22.6. The first kappa shape index (κ1) is 47.5. The van der Waals surface area contributed by atoms with Gasteiger partial charge in [-0.2, -0.15) is 0 Å². The third-order valence-electron chi connectivity index (χ3n) is 9.93. The van der Waals surface area contributed by atoms with Crippen LogP contribution in [0.15, 0.2) is 12.2 Å². The lowest BCUT2D eigenvalue weighted by molar-refractivity contribution is -0.377. The molecular weight excluding hydrogens is 717 g/mol. The van der Waals surface area contributed by atoms with Crippen LogP contribution in [0.25, 0.3) is 0 Å². The summed E-state index contributed by atoms with van der Waals surface area (Å²) >= 11 is 0. The summed E-state index contributed by atoms with van der Waals surface area (Å²) in [4.78, 5) is 70.0. The van der Waals surface area contributed by atoms with Crippen molar-refractivity contribution in [3.8, 4) is 0 Å². The summed E-state index contributed by atoms with van der Waals surface area (Å²) in [6, 6.07) is 1.71. The molecule has 0 aliphatic carbocycles. The number of allylic oxidation sites excluding steroid dienone is 1.